The predicted molar refractivity (Wildman–Crippen MR) is 101 cm³/mol. The Hall–Kier alpha value is -0.920. The highest BCUT2D eigenvalue weighted by Gasteiger charge is 2.33. The Morgan fingerprint density at radius 2 is 1.54 bits per heavy atom. The van der Waals surface area contributed by atoms with Gasteiger partial charge in [-0.05, 0) is 49.0 Å². The highest BCUT2D eigenvalue weighted by molar-refractivity contribution is 5.03. The molecule has 0 bridgehead atoms. The minimum atomic E-state index is 0.829. The minimum Gasteiger partial charge on any atom is -0.241 e. The summed E-state index contributed by atoms with van der Waals surface area (Å²) >= 11 is 0. The van der Waals surface area contributed by atoms with Crippen LogP contribution in [0.3, 0.4) is 0 Å². The lowest BCUT2D eigenvalue weighted by atomic mass is 9.66. The van der Waals surface area contributed by atoms with Crippen molar-refractivity contribution in [3.8, 4) is 0 Å². The predicted octanol–water partition coefficient (Wildman–Crippen LogP) is 6.13. The molecular formula is C22H36N2. The van der Waals surface area contributed by atoms with E-state index in [0.29, 0.717) is 0 Å². The molecule has 0 amide bonds. The van der Waals surface area contributed by atoms with E-state index in [1.165, 1.54) is 76.2 Å². The lowest BCUT2D eigenvalue weighted by Gasteiger charge is -2.39. The van der Waals surface area contributed by atoms with Crippen molar-refractivity contribution < 1.29 is 0 Å². The fraction of sp³-hybridized carbons (Fsp3) is 0.818. The first-order chi connectivity index (χ1) is 11.8. The zero-order valence-electron chi connectivity index (χ0n) is 15.8. The summed E-state index contributed by atoms with van der Waals surface area (Å²) in [5.74, 6) is 4.78. The van der Waals surface area contributed by atoms with Crippen LogP contribution in [0.15, 0.2) is 12.4 Å². The number of hydrogen-bond donors (Lipinski definition) is 0. The Morgan fingerprint density at radius 3 is 2.17 bits per heavy atom. The molecule has 0 N–H and O–H groups in total. The van der Waals surface area contributed by atoms with Crippen LogP contribution in [-0.4, -0.2) is 9.97 Å². The van der Waals surface area contributed by atoms with Gasteiger partial charge in [-0.1, -0.05) is 64.7 Å². The lowest BCUT2D eigenvalue weighted by Crippen LogP contribution is -2.31. The van der Waals surface area contributed by atoms with Gasteiger partial charge in [-0.25, -0.2) is 9.97 Å². The Bertz CT molecular complexity index is 467. The molecule has 1 unspecified atom stereocenters. The summed E-state index contributed by atoms with van der Waals surface area (Å²) in [5, 5.41) is 0. The number of hydrogen-bond acceptors (Lipinski definition) is 2. The van der Waals surface area contributed by atoms with Gasteiger partial charge < -0.3 is 0 Å². The highest BCUT2D eigenvalue weighted by Crippen LogP contribution is 2.43. The normalized spacial score (nSPS) is 27.1. The van der Waals surface area contributed by atoms with Crippen molar-refractivity contribution in [2.45, 2.75) is 90.9 Å². The fourth-order valence-electron chi connectivity index (χ4n) is 5.33. The largest absolute Gasteiger partial charge is 0.241 e. The molecule has 0 radical (unpaired) electrons. The molecule has 134 valence electrons. The first-order valence-corrected chi connectivity index (χ1v) is 10.5. The number of aryl methyl sites for hydroxylation is 1. The zero-order chi connectivity index (χ0) is 16.8. The van der Waals surface area contributed by atoms with Crippen LogP contribution in [0.2, 0.25) is 0 Å². The molecule has 0 aliphatic heterocycles. The topological polar surface area (TPSA) is 25.8 Å². The van der Waals surface area contributed by atoms with Crippen LogP contribution in [0.4, 0.5) is 0 Å². The van der Waals surface area contributed by atoms with Crippen molar-refractivity contribution in [1.29, 1.82) is 0 Å². The average Bonchev–Trinajstić information content (AvgIpc) is 2.63. The van der Waals surface area contributed by atoms with Gasteiger partial charge in [0, 0.05) is 18.8 Å². The molecule has 24 heavy (non-hydrogen) atoms. The summed E-state index contributed by atoms with van der Waals surface area (Å²) in [5.41, 5.74) is 1.17. The summed E-state index contributed by atoms with van der Waals surface area (Å²) in [4.78, 5) is 9.28. The van der Waals surface area contributed by atoms with Crippen molar-refractivity contribution in [2.75, 3.05) is 0 Å². The van der Waals surface area contributed by atoms with E-state index in [0.717, 1.165) is 35.9 Å². The van der Waals surface area contributed by atoms with Gasteiger partial charge in [-0.2, -0.15) is 0 Å². The van der Waals surface area contributed by atoms with Crippen LogP contribution in [0.1, 0.15) is 88.9 Å². The number of rotatable bonds is 6. The monoisotopic (exact) mass is 328 g/mol. The van der Waals surface area contributed by atoms with E-state index < -0.39 is 0 Å². The van der Waals surface area contributed by atoms with Gasteiger partial charge >= 0.3 is 0 Å². The maximum absolute atomic E-state index is 4.64. The summed E-state index contributed by atoms with van der Waals surface area (Å²) in [6.07, 6.45) is 21.0. The highest BCUT2D eigenvalue weighted by atomic mass is 14.9. The minimum absolute atomic E-state index is 0.829. The quantitative estimate of drug-likeness (QED) is 0.627. The van der Waals surface area contributed by atoms with E-state index >= 15 is 0 Å². The van der Waals surface area contributed by atoms with Crippen molar-refractivity contribution in [1.82, 2.24) is 9.97 Å². The molecule has 2 saturated carbocycles. The second-order valence-corrected chi connectivity index (χ2v) is 8.51. The molecule has 3 rings (SSSR count). The van der Waals surface area contributed by atoms with E-state index in [1.807, 2.05) is 12.4 Å². The van der Waals surface area contributed by atoms with Crippen molar-refractivity contribution >= 4 is 0 Å². The maximum atomic E-state index is 4.64. The van der Waals surface area contributed by atoms with Crippen LogP contribution >= 0.6 is 0 Å². The molecule has 1 heterocycles. The van der Waals surface area contributed by atoms with E-state index in [2.05, 4.69) is 23.8 Å². The standard InChI is InChI=1S/C22H36N2/c1-3-7-18-10-12-20(13-11-18)21(19-8-5-4-6-9-19)14-22-23-15-17(2)16-24-22/h15-16,18-21H,3-14H2,1-2H3. The van der Waals surface area contributed by atoms with E-state index in [-0.39, 0.29) is 0 Å². The second kappa shape index (κ2) is 8.97. The summed E-state index contributed by atoms with van der Waals surface area (Å²) in [6.45, 7) is 4.42. The second-order valence-electron chi connectivity index (χ2n) is 8.51. The van der Waals surface area contributed by atoms with Crippen molar-refractivity contribution in [3.05, 3.63) is 23.8 Å². The van der Waals surface area contributed by atoms with Gasteiger partial charge in [0.15, 0.2) is 0 Å². The number of nitrogens with zero attached hydrogens (tertiary/aromatic N) is 2. The van der Waals surface area contributed by atoms with Gasteiger partial charge in [0.2, 0.25) is 0 Å². The first kappa shape index (κ1) is 17.9. The zero-order valence-corrected chi connectivity index (χ0v) is 15.8. The molecule has 0 aromatic carbocycles. The lowest BCUT2D eigenvalue weighted by molar-refractivity contribution is 0.121. The molecule has 2 aliphatic carbocycles. The molecular weight excluding hydrogens is 292 g/mol. The molecule has 2 heteroatoms. The first-order valence-electron chi connectivity index (χ1n) is 10.5. The van der Waals surface area contributed by atoms with Gasteiger partial charge in [0.1, 0.15) is 5.82 Å². The van der Waals surface area contributed by atoms with E-state index in [9.17, 15) is 0 Å². The molecule has 2 fully saturated rings. The Balaban J connectivity index is 1.66. The van der Waals surface area contributed by atoms with Crippen molar-refractivity contribution in [3.63, 3.8) is 0 Å². The molecule has 2 aliphatic rings. The third-order valence-corrected chi connectivity index (χ3v) is 6.70. The van der Waals surface area contributed by atoms with Gasteiger partial charge in [0.25, 0.3) is 0 Å². The smallest absolute Gasteiger partial charge is 0.128 e. The molecule has 1 aromatic heterocycles. The molecule has 0 saturated heterocycles. The maximum Gasteiger partial charge on any atom is 0.128 e. The van der Waals surface area contributed by atoms with Crippen LogP contribution < -0.4 is 0 Å². The fourth-order valence-corrected chi connectivity index (χ4v) is 5.33. The summed E-state index contributed by atoms with van der Waals surface area (Å²) in [7, 11) is 0. The third kappa shape index (κ3) is 4.80. The van der Waals surface area contributed by atoms with Crippen LogP contribution in [0.25, 0.3) is 0 Å². The Labute approximate surface area is 148 Å². The summed E-state index contributed by atoms with van der Waals surface area (Å²) < 4.78 is 0. The molecule has 1 atom stereocenters. The van der Waals surface area contributed by atoms with E-state index in [4.69, 9.17) is 0 Å². The van der Waals surface area contributed by atoms with Crippen LogP contribution in [0.5, 0.6) is 0 Å². The Kier molecular flexibility index (Phi) is 6.68. The summed E-state index contributed by atoms with van der Waals surface area (Å²) in [6, 6.07) is 0. The van der Waals surface area contributed by atoms with Gasteiger partial charge in [-0.15, -0.1) is 0 Å². The number of aromatic nitrogens is 2. The molecule has 0 spiro atoms. The van der Waals surface area contributed by atoms with Gasteiger partial charge in [0.05, 0.1) is 0 Å². The Morgan fingerprint density at radius 1 is 0.917 bits per heavy atom. The molecule has 2 nitrogen and oxygen atoms in total. The van der Waals surface area contributed by atoms with E-state index in [1.54, 1.807) is 0 Å². The SMILES string of the molecule is CCCC1CCC(C(Cc2ncc(C)cn2)C2CCCCC2)CC1. The third-order valence-electron chi connectivity index (χ3n) is 6.70. The average molecular weight is 329 g/mol. The molecule has 1 aromatic rings. The van der Waals surface area contributed by atoms with Crippen LogP contribution in [-0.2, 0) is 6.42 Å². The van der Waals surface area contributed by atoms with Crippen molar-refractivity contribution in [2.24, 2.45) is 23.7 Å². The van der Waals surface area contributed by atoms with Crippen LogP contribution in [0, 0.1) is 30.6 Å². The van der Waals surface area contributed by atoms with Gasteiger partial charge in [-0.3, -0.25) is 0 Å².